The second kappa shape index (κ2) is 9.73. The van der Waals surface area contributed by atoms with Crippen LogP contribution < -0.4 is 9.47 Å². The SMILES string of the molecule is C=C/C=C(C=C)\C=C(/C)Oc1cc(C=C)cc2c1C(=O)OC2Oc1cc(C=C)cc2c1COC2=O. The van der Waals surface area contributed by atoms with Crippen molar-refractivity contribution in [2.75, 3.05) is 0 Å². The van der Waals surface area contributed by atoms with Gasteiger partial charge in [-0.3, -0.25) is 0 Å². The molecule has 0 fully saturated rings. The maximum atomic E-state index is 12.9. The fourth-order valence-electron chi connectivity index (χ4n) is 3.87. The highest BCUT2D eigenvalue weighted by molar-refractivity contribution is 5.98. The van der Waals surface area contributed by atoms with E-state index in [2.05, 4.69) is 26.3 Å². The Labute approximate surface area is 203 Å². The van der Waals surface area contributed by atoms with Crippen LogP contribution in [0.25, 0.3) is 12.2 Å². The lowest BCUT2D eigenvalue weighted by molar-refractivity contribution is -0.0388. The average molecular weight is 469 g/mol. The number of hydrogen-bond donors (Lipinski definition) is 0. The van der Waals surface area contributed by atoms with Crippen LogP contribution in [0.5, 0.6) is 11.5 Å². The van der Waals surface area contributed by atoms with Crippen molar-refractivity contribution in [2.45, 2.75) is 19.8 Å². The average Bonchev–Trinajstić information content (AvgIpc) is 3.38. The lowest BCUT2D eigenvalue weighted by Gasteiger charge is -2.17. The fourth-order valence-corrected chi connectivity index (χ4v) is 3.87. The molecule has 0 amide bonds. The van der Waals surface area contributed by atoms with Gasteiger partial charge in [0, 0.05) is 5.56 Å². The summed E-state index contributed by atoms with van der Waals surface area (Å²) in [5, 5.41) is 0. The minimum absolute atomic E-state index is 0.0728. The molecule has 35 heavy (non-hydrogen) atoms. The first-order chi connectivity index (χ1) is 16.9. The van der Waals surface area contributed by atoms with Gasteiger partial charge in [0.25, 0.3) is 6.29 Å². The molecule has 4 rings (SSSR count). The Bertz CT molecular complexity index is 1340. The predicted molar refractivity (Wildman–Crippen MR) is 134 cm³/mol. The first-order valence-electron chi connectivity index (χ1n) is 10.8. The first kappa shape index (κ1) is 23.6. The Kier molecular flexibility index (Phi) is 6.55. The van der Waals surface area contributed by atoms with E-state index in [1.54, 1.807) is 67.6 Å². The van der Waals surface area contributed by atoms with Crippen molar-refractivity contribution in [2.24, 2.45) is 0 Å². The molecule has 1 atom stereocenters. The molecule has 2 heterocycles. The normalized spacial score (nSPS) is 16.5. The molecule has 2 aromatic rings. The zero-order chi connectivity index (χ0) is 25.1. The Morgan fingerprint density at radius 3 is 2.40 bits per heavy atom. The number of allylic oxidation sites excluding steroid dienone is 6. The molecule has 0 saturated heterocycles. The molecule has 0 aliphatic carbocycles. The molecule has 0 N–H and O–H groups in total. The number of fused-ring (bicyclic) bond motifs is 2. The van der Waals surface area contributed by atoms with Crippen molar-refractivity contribution < 1.29 is 28.5 Å². The molecule has 2 aromatic carbocycles. The molecule has 6 heteroatoms. The Morgan fingerprint density at radius 1 is 1.00 bits per heavy atom. The number of cyclic esters (lactones) is 2. The minimum Gasteiger partial charge on any atom is -0.461 e. The van der Waals surface area contributed by atoms with E-state index in [1.807, 2.05) is 0 Å². The van der Waals surface area contributed by atoms with Gasteiger partial charge in [-0.15, -0.1) is 0 Å². The third kappa shape index (κ3) is 4.59. The lowest BCUT2D eigenvalue weighted by Crippen LogP contribution is -2.09. The smallest absolute Gasteiger partial charge is 0.345 e. The van der Waals surface area contributed by atoms with Crippen LogP contribution in [0.3, 0.4) is 0 Å². The molecule has 0 spiro atoms. The van der Waals surface area contributed by atoms with Gasteiger partial charge in [-0.2, -0.15) is 0 Å². The van der Waals surface area contributed by atoms with E-state index in [9.17, 15) is 9.59 Å². The van der Waals surface area contributed by atoms with E-state index < -0.39 is 18.2 Å². The van der Waals surface area contributed by atoms with E-state index >= 15 is 0 Å². The van der Waals surface area contributed by atoms with Crippen molar-refractivity contribution in [3.05, 3.63) is 120 Å². The molecule has 176 valence electrons. The van der Waals surface area contributed by atoms with Crippen LogP contribution in [0, 0.1) is 0 Å². The zero-order valence-electron chi connectivity index (χ0n) is 19.3. The fraction of sp³-hybridized carbons (Fsp3) is 0.103. The molecule has 1 unspecified atom stereocenters. The molecule has 0 aromatic heterocycles. The summed E-state index contributed by atoms with van der Waals surface area (Å²) in [6.07, 6.45) is 9.07. The number of carbonyl (C=O) groups excluding carboxylic acids is 2. The van der Waals surface area contributed by atoms with E-state index in [1.165, 1.54) is 0 Å². The molecule has 6 nitrogen and oxygen atoms in total. The Morgan fingerprint density at radius 2 is 1.71 bits per heavy atom. The summed E-state index contributed by atoms with van der Waals surface area (Å²) in [7, 11) is 0. The molecular weight excluding hydrogens is 444 g/mol. The summed E-state index contributed by atoms with van der Waals surface area (Å²) in [5.41, 5.74) is 3.92. The zero-order valence-corrected chi connectivity index (χ0v) is 19.3. The molecule has 2 aliphatic rings. The van der Waals surface area contributed by atoms with Crippen molar-refractivity contribution in [3.8, 4) is 11.5 Å². The van der Waals surface area contributed by atoms with E-state index in [0.29, 0.717) is 45.1 Å². The van der Waals surface area contributed by atoms with Gasteiger partial charge in [0.1, 0.15) is 29.4 Å². The van der Waals surface area contributed by atoms with Crippen LogP contribution in [0.4, 0.5) is 0 Å². The summed E-state index contributed by atoms with van der Waals surface area (Å²) < 4.78 is 22.9. The van der Waals surface area contributed by atoms with E-state index in [4.69, 9.17) is 18.9 Å². The topological polar surface area (TPSA) is 71.1 Å². The number of rotatable bonds is 9. The number of ether oxygens (including phenoxy) is 4. The third-order valence-corrected chi connectivity index (χ3v) is 5.52. The van der Waals surface area contributed by atoms with Gasteiger partial charge in [-0.25, -0.2) is 9.59 Å². The van der Waals surface area contributed by atoms with Crippen LogP contribution in [0.2, 0.25) is 0 Å². The Balaban J connectivity index is 1.73. The summed E-state index contributed by atoms with van der Waals surface area (Å²) in [5.74, 6) is 0.201. The molecule has 0 radical (unpaired) electrons. The van der Waals surface area contributed by atoms with Gasteiger partial charge in [0.2, 0.25) is 0 Å². The number of esters is 2. The van der Waals surface area contributed by atoms with Gasteiger partial charge >= 0.3 is 11.9 Å². The first-order valence-corrected chi connectivity index (χ1v) is 10.8. The van der Waals surface area contributed by atoms with E-state index in [-0.39, 0.29) is 12.2 Å². The van der Waals surface area contributed by atoms with Gasteiger partial charge in [-0.05, 0) is 54.0 Å². The van der Waals surface area contributed by atoms with Gasteiger partial charge in [0.15, 0.2) is 0 Å². The van der Waals surface area contributed by atoms with Crippen LogP contribution in [-0.4, -0.2) is 11.9 Å². The van der Waals surface area contributed by atoms with Crippen LogP contribution in [0.15, 0.2) is 86.2 Å². The standard InChI is InChI=1S/C29H24O6/c1-6-10-18(7-2)11-17(5)33-25-15-20(9-4)13-22-26(25)28(31)35-29(22)34-24-14-19(8-3)12-21-23(24)16-32-27(21)30/h6-15,29H,1-4,16H2,5H3/b17-11+,18-10-. The van der Waals surface area contributed by atoms with E-state index in [0.717, 1.165) is 5.57 Å². The summed E-state index contributed by atoms with van der Waals surface area (Å²) in [6.45, 7) is 16.9. The van der Waals surface area contributed by atoms with Crippen LogP contribution in [-0.2, 0) is 16.1 Å². The summed E-state index contributed by atoms with van der Waals surface area (Å²) in [6, 6.07) is 6.88. The van der Waals surface area contributed by atoms with Gasteiger partial charge in [0.05, 0.1) is 11.1 Å². The van der Waals surface area contributed by atoms with Crippen LogP contribution >= 0.6 is 0 Å². The van der Waals surface area contributed by atoms with Crippen LogP contribution in [0.1, 0.15) is 56.2 Å². The second-order valence-corrected chi connectivity index (χ2v) is 7.83. The van der Waals surface area contributed by atoms with Crippen molar-refractivity contribution in [1.82, 2.24) is 0 Å². The number of carbonyl (C=O) groups is 2. The highest BCUT2D eigenvalue weighted by Crippen LogP contribution is 2.42. The highest BCUT2D eigenvalue weighted by Gasteiger charge is 2.38. The molecule has 0 bridgehead atoms. The summed E-state index contributed by atoms with van der Waals surface area (Å²) >= 11 is 0. The van der Waals surface area contributed by atoms with Crippen molar-refractivity contribution in [1.29, 1.82) is 0 Å². The lowest BCUT2D eigenvalue weighted by atomic mass is 10.0. The minimum atomic E-state index is -1.05. The highest BCUT2D eigenvalue weighted by atomic mass is 16.7. The quantitative estimate of drug-likeness (QED) is 0.239. The monoisotopic (exact) mass is 468 g/mol. The maximum absolute atomic E-state index is 12.9. The van der Waals surface area contributed by atoms with Crippen molar-refractivity contribution >= 4 is 24.1 Å². The largest absolute Gasteiger partial charge is 0.461 e. The molecule has 2 aliphatic heterocycles. The maximum Gasteiger partial charge on any atom is 0.345 e. The summed E-state index contributed by atoms with van der Waals surface area (Å²) in [4.78, 5) is 25.0. The Hall–Kier alpha value is -4.58. The molecule has 0 saturated carbocycles. The van der Waals surface area contributed by atoms with Gasteiger partial charge in [-0.1, -0.05) is 56.7 Å². The predicted octanol–water partition coefficient (Wildman–Crippen LogP) is 6.47. The third-order valence-electron chi connectivity index (χ3n) is 5.52. The van der Waals surface area contributed by atoms with Crippen molar-refractivity contribution in [3.63, 3.8) is 0 Å². The second-order valence-electron chi connectivity index (χ2n) is 7.83. The number of hydrogen-bond acceptors (Lipinski definition) is 6. The number of benzene rings is 2. The molecular formula is C29H24O6. The van der Waals surface area contributed by atoms with Gasteiger partial charge < -0.3 is 18.9 Å².